The second-order valence-corrected chi connectivity index (χ2v) is 6.70. The van der Waals surface area contributed by atoms with Crippen LogP contribution in [0, 0.1) is 0 Å². The van der Waals surface area contributed by atoms with Crippen LogP contribution in [0.5, 0.6) is 17.2 Å². The van der Waals surface area contributed by atoms with Gasteiger partial charge in [0.2, 0.25) is 0 Å². The predicted octanol–water partition coefficient (Wildman–Crippen LogP) is 5.42. The summed E-state index contributed by atoms with van der Waals surface area (Å²) in [6.45, 7) is -0.464. The van der Waals surface area contributed by atoms with Gasteiger partial charge in [0.1, 0.15) is 17.2 Å². The van der Waals surface area contributed by atoms with Gasteiger partial charge in [-0.2, -0.15) is 13.2 Å². The van der Waals surface area contributed by atoms with Crippen molar-refractivity contribution in [1.29, 1.82) is 0 Å². The number of hydrogen-bond donors (Lipinski definition) is 1. The fourth-order valence-electron chi connectivity index (χ4n) is 2.93. The van der Waals surface area contributed by atoms with Crippen LogP contribution in [-0.4, -0.2) is 31.0 Å². The monoisotopic (exact) mass is 417 g/mol. The van der Waals surface area contributed by atoms with Crippen LogP contribution in [-0.2, 0) is 6.54 Å². The van der Waals surface area contributed by atoms with Gasteiger partial charge in [-0.25, -0.2) is 0 Å². The summed E-state index contributed by atoms with van der Waals surface area (Å²) in [6.07, 6.45) is -7.20. The van der Waals surface area contributed by atoms with Crippen molar-refractivity contribution in [3.05, 3.63) is 84.4 Å². The topological polar surface area (TPSA) is 41.9 Å². The Labute approximate surface area is 173 Å². The maximum absolute atomic E-state index is 13.0. The van der Waals surface area contributed by atoms with Gasteiger partial charge in [0, 0.05) is 18.3 Å². The molecule has 0 saturated heterocycles. The molecule has 0 aliphatic heterocycles. The molecule has 0 radical (unpaired) electrons. The summed E-state index contributed by atoms with van der Waals surface area (Å²) in [4.78, 5) is 1.46. The molecule has 30 heavy (non-hydrogen) atoms. The maximum atomic E-state index is 13.0. The number of halogens is 3. The number of para-hydroxylation sites is 1. The van der Waals surface area contributed by atoms with Gasteiger partial charge in [-0.15, -0.1) is 0 Å². The SMILES string of the molecule is COc1cccc(CN(CC(O)C(F)(F)F)c2cccc(Oc3ccccc3)c2)c1. The molecule has 0 heterocycles. The normalized spacial score (nSPS) is 12.3. The van der Waals surface area contributed by atoms with Crippen molar-refractivity contribution in [1.82, 2.24) is 0 Å². The Balaban J connectivity index is 1.87. The Hall–Kier alpha value is -3.19. The molecule has 3 rings (SSSR count). The second-order valence-electron chi connectivity index (χ2n) is 6.70. The predicted molar refractivity (Wildman–Crippen MR) is 109 cm³/mol. The zero-order valence-corrected chi connectivity index (χ0v) is 16.3. The lowest BCUT2D eigenvalue weighted by Crippen LogP contribution is -2.40. The molecule has 0 aliphatic rings. The van der Waals surface area contributed by atoms with E-state index in [0.29, 0.717) is 22.9 Å². The van der Waals surface area contributed by atoms with Gasteiger partial charge in [0.25, 0.3) is 0 Å². The van der Waals surface area contributed by atoms with Crippen LogP contribution in [0.1, 0.15) is 5.56 Å². The average Bonchev–Trinajstić information content (AvgIpc) is 2.73. The van der Waals surface area contributed by atoms with Crippen molar-refractivity contribution in [2.45, 2.75) is 18.8 Å². The summed E-state index contributed by atoms with van der Waals surface area (Å²) in [5.41, 5.74) is 1.24. The Kier molecular flexibility index (Phi) is 6.84. The molecular weight excluding hydrogens is 395 g/mol. The van der Waals surface area contributed by atoms with Crippen molar-refractivity contribution in [2.75, 3.05) is 18.6 Å². The molecule has 158 valence electrons. The number of ether oxygens (including phenoxy) is 2. The van der Waals surface area contributed by atoms with Crippen LogP contribution >= 0.6 is 0 Å². The van der Waals surface area contributed by atoms with Crippen LogP contribution in [0.4, 0.5) is 18.9 Å². The first-order chi connectivity index (χ1) is 14.3. The van der Waals surface area contributed by atoms with E-state index in [0.717, 1.165) is 5.56 Å². The third-order valence-corrected chi connectivity index (χ3v) is 4.44. The van der Waals surface area contributed by atoms with Gasteiger partial charge in [0.05, 0.1) is 13.7 Å². The number of benzene rings is 3. The molecule has 1 atom stereocenters. The minimum atomic E-state index is -4.72. The van der Waals surface area contributed by atoms with Gasteiger partial charge < -0.3 is 19.5 Å². The van der Waals surface area contributed by atoms with Gasteiger partial charge in [0.15, 0.2) is 6.10 Å². The lowest BCUT2D eigenvalue weighted by Gasteiger charge is -2.28. The molecule has 0 fully saturated rings. The quantitative estimate of drug-likeness (QED) is 0.532. The minimum Gasteiger partial charge on any atom is -0.497 e. The summed E-state index contributed by atoms with van der Waals surface area (Å²) in [5, 5.41) is 9.68. The van der Waals surface area contributed by atoms with E-state index < -0.39 is 18.8 Å². The fourth-order valence-corrected chi connectivity index (χ4v) is 2.93. The highest BCUT2D eigenvalue weighted by Gasteiger charge is 2.39. The van der Waals surface area contributed by atoms with E-state index in [1.165, 1.54) is 12.0 Å². The highest BCUT2D eigenvalue weighted by Crippen LogP contribution is 2.29. The lowest BCUT2D eigenvalue weighted by atomic mass is 10.1. The highest BCUT2D eigenvalue weighted by atomic mass is 19.4. The van der Waals surface area contributed by atoms with Gasteiger partial charge in [-0.05, 0) is 42.0 Å². The molecule has 7 heteroatoms. The molecule has 0 aliphatic carbocycles. The van der Waals surface area contributed by atoms with E-state index in [4.69, 9.17) is 9.47 Å². The molecule has 0 spiro atoms. The van der Waals surface area contributed by atoms with Crippen LogP contribution < -0.4 is 14.4 Å². The first-order valence-electron chi connectivity index (χ1n) is 9.31. The third-order valence-electron chi connectivity index (χ3n) is 4.44. The van der Waals surface area contributed by atoms with Gasteiger partial charge in [-0.3, -0.25) is 0 Å². The smallest absolute Gasteiger partial charge is 0.416 e. The number of hydrogen-bond acceptors (Lipinski definition) is 4. The number of aliphatic hydroxyl groups excluding tert-OH is 1. The zero-order chi connectivity index (χ0) is 21.6. The summed E-state index contributed by atoms with van der Waals surface area (Å²) in [6, 6.07) is 22.9. The number of nitrogens with zero attached hydrogens (tertiary/aromatic N) is 1. The number of methoxy groups -OCH3 is 1. The molecular formula is C23H22F3NO3. The van der Waals surface area contributed by atoms with Crippen molar-refractivity contribution < 1.29 is 27.8 Å². The molecule has 3 aromatic rings. The number of rotatable bonds is 8. The molecule has 0 bridgehead atoms. The first kappa shape index (κ1) is 21.5. The number of anilines is 1. The van der Waals surface area contributed by atoms with E-state index in [1.54, 1.807) is 60.7 Å². The van der Waals surface area contributed by atoms with Crippen molar-refractivity contribution >= 4 is 5.69 Å². The Morgan fingerprint density at radius 3 is 2.23 bits per heavy atom. The first-order valence-corrected chi connectivity index (χ1v) is 9.31. The van der Waals surface area contributed by atoms with E-state index in [2.05, 4.69) is 0 Å². The Morgan fingerprint density at radius 1 is 0.867 bits per heavy atom. The summed E-state index contributed by atoms with van der Waals surface area (Å²) < 4.78 is 50.1. The largest absolute Gasteiger partial charge is 0.497 e. The van der Waals surface area contributed by atoms with E-state index in [-0.39, 0.29) is 6.54 Å². The second kappa shape index (κ2) is 9.54. The average molecular weight is 417 g/mol. The Bertz CT molecular complexity index is 948. The van der Waals surface area contributed by atoms with Crippen molar-refractivity contribution in [2.24, 2.45) is 0 Å². The number of alkyl halides is 3. The fraction of sp³-hybridized carbons (Fsp3) is 0.217. The molecule has 0 saturated carbocycles. The van der Waals surface area contributed by atoms with Crippen molar-refractivity contribution in [3.63, 3.8) is 0 Å². The third kappa shape index (κ3) is 5.90. The van der Waals surface area contributed by atoms with Gasteiger partial charge in [-0.1, -0.05) is 36.4 Å². The Morgan fingerprint density at radius 2 is 1.53 bits per heavy atom. The maximum Gasteiger partial charge on any atom is 0.416 e. The summed E-state index contributed by atoms with van der Waals surface area (Å²) in [5.74, 6) is 1.70. The summed E-state index contributed by atoms with van der Waals surface area (Å²) in [7, 11) is 1.52. The summed E-state index contributed by atoms with van der Waals surface area (Å²) >= 11 is 0. The number of aliphatic hydroxyl groups is 1. The minimum absolute atomic E-state index is 0.152. The van der Waals surface area contributed by atoms with Crippen LogP contribution in [0.25, 0.3) is 0 Å². The van der Waals surface area contributed by atoms with E-state index in [1.807, 2.05) is 18.2 Å². The van der Waals surface area contributed by atoms with E-state index >= 15 is 0 Å². The highest BCUT2D eigenvalue weighted by molar-refractivity contribution is 5.52. The van der Waals surface area contributed by atoms with Crippen LogP contribution in [0.2, 0.25) is 0 Å². The lowest BCUT2D eigenvalue weighted by molar-refractivity contribution is -0.200. The molecule has 4 nitrogen and oxygen atoms in total. The van der Waals surface area contributed by atoms with Crippen molar-refractivity contribution in [3.8, 4) is 17.2 Å². The zero-order valence-electron chi connectivity index (χ0n) is 16.3. The molecule has 1 unspecified atom stereocenters. The van der Waals surface area contributed by atoms with Crippen LogP contribution in [0.15, 0.2) is 78.9 Å². The molecule has 1 N–H and O–H groups in total. The van der Waals surface area contributed by atoms with E-state index in [9.17, 15) is 18.3 Å². The standard InChI is InChI=1S/C23H22F3NO3/c1-29-20-11-5-7-17(13-20)15-27(16-22(28)23(24,25)26)18-8-6-12-21(14-18)30-19-9-3-2-4-10-19/h2-14,22,28H,15-16H2,1H3. The molecule has 0 aromatic heterocycles. The van der Waals surface area contributed by atoms with Gasteiger partial charge >= 0.3 is 6.18 Å². The molecule has 3 aromatic carbocycles. The van der Waals surface area contributed by atoms with Crippen LogP contribution in [0.3, 0.4) is 0 Å². The molecule has 0 amide bonds.